The predicted molar refractivity (Wildman–Crippen MR) is 84.7 cm³/mol. The van der Waals surface area contributed by atoms with Crippen LogP contribution in [0.4, 0.5) is 13.6 Å². The molecule has 0 aromatic carbocycles. The van der Waals surface area contributed by atoms with Crippen LogP contribution in [0.5, 0.6) is 0 Å². The van der Waals surface area contributed by atoms with E-state index in [1.54, 1.807) is 32.1 Å². The Morgan fingerprint density at radius 3 is 2.41 bits per heavy atom. The zero-order valence-electron chi connectivity index (χ0n) is 13.7. The van der Waals surface area contributed by atoms with E-state index in [2.05, 4.69) is 10.6 Å². The molecule has 0 atom stereocenters. The molecule has 0 aliphatic heterocycles. The SMILES string of the molecule is Cc1cc(CNCC(F)(F)CNC(=O)OC(C)(C)C)c(C)s1. The number of ether oxygens (including phenoxy) is 1. The van der Waals surface area contributed by atoms with Crippen molar-refractivity contribution in [3.8, 4) is 0 Å². The average Bonchev–Trinajstić information content (AvgIpc) is 2.63. The number of aryl methyl sites for hydroxylation is 2. The fraction of sp³-hybridized carbons (Fsp3) is 0.667. The third-order valence-electron chi connectivity index (χ3n) is 2.73. The summed E-state index contributed by atoms with van der Waals surface area (Å²) < 4.78 is 32.3. The Morgan fingerprint density at radius 1 is 1.27 bits per heavy atom. The van der Waals surface area contributed by atoms with Crippen LogP contribution in [-0.2, 0) is 11.3 Å². The molecule has 0 aliphatic carbocycles. The molecule has 0 unspecified atom stereocenters. The number of halogens is 2. The molecule has 126 valence electrons. The van der Waals surface area contributed by atoms with E-state index in [-0.39, 0.29) is 0 Å². The Kier molecular flexibility index (Phi) is 6.31. The van der Waals surface area contributed by atoms with E-state index in [1.807, 2.05) is 19.9 Å². The van der Waals surface area contributed by atoms with Crippen molar-refractivity contribution < 1.29 is 18.3 Å². The Morgan fingerprint density at radius 2 is 1.91 bits per heavy atom. The van der Waals surface area contributed by atoms with Gasteiger partial charge in [-0.2, -0.15) is 0 Å². The molecule has 0 bridgehead atoms. The molecular weight excluding hydrogens is 310 g/mol. The normalized spacial score (nSPS) is 12.3. The first-order chi connectivity index (χ1) is 9.98. The maximum Gasteiger partial charge on any atom is 0.407 e. The smallest absolute Gasteiger partial charge is 0.407 e. The summed E-state index contributed by atoms with van der Waals surface area (Å²) in [6.45, 7) is 8.12. The highest BCUT2D eigenvalue weighted by Crippen LogP contribution is 2.20. The summed E-state index contributed by atoms with van der Waals surface area (Å²) in [6.07, 6.45) is -0.837. The minimum Gasteiger partial charge on any atom is -0.444 e. The van der Waals surface area contributed by atoms with E-state index < -0.39 is 30.7 Å². The molecule has 1 rings (SSSR count). The number of carbonyl (C=O) groups is 1. The number of hydrogen-bond donors (Lipinski definition) is 2. The first kappa shape index (κ1) is 18.8. The number of alkyl halides is 2. The average molecular weight is 334 g/mol. The second kappa shape index (κ2) is 7.37. The molecule has 0 radical (unpaired) electrons. The predicted octanol–water partition coefficient (Wildman–Crippen LogP) is 3.61. The molecule has 0 fully saturated rings. The molecule has 0 saturated heterocycles. The zero-order valence-corrected chi connectivity index (χ0v) is 14.5. The van der Waals surface area contributed by atoms with Crippen LogP contribution in [0.15, 0.2) is 6.07 Å². The fourth-order valence-corrected chi connectivity index (χ4v) is 2.76. The summed E-state index contributed by atoms with van der Waals surface area (Å²) in [5.74, 6) is -3.03. The molecule has 1 aromatic rings. The van der Waals surface area contributed by atoms with Gasteiger partial charge in [-0.3, -0.25) is 0 Å². The van der Waals surface area contributed by atoms with Crippen LogP contribution >= 0.6 is 11.3 Å². The van der Waals surface area contributed by atoms with Gasteiger partial charge in [-0.25, -0.2) is 13.6 Å². The lowest BCUT2D eigenvalue weighted by Crippen LogP contribution is -2.44. The summed E-state index contributed by atoms with van der Waals surface area (Å²) in [6, 6.07) is 1.99. The van der Waals surface area contributed by atoms with Crippen LogP contribution in [0.25, 0.3) is 0 Å². The summed E-state index contributed by atoms with van der Waals surface area (Å²) in [5, 5.41) is 4.83. The van der Waals surface area contributed by atoms with Gasteiger partial charge in [0.1, 0.15) is 5.60 Å². The molecule has 1 aromatic heterocycles. The third-order valence-corrected chi connectivity index (χ3v) is 3.74. The van der Waals surface area contributed by atoms with Gasteiger partial charge < -0.3 is 15.4 Å². The quantitative estimate of drug-likeness (QED) is 0.835. The Labute approximate surface area is 134 Å². The van der Waals surface area contributed by atoms with Crippen molar-refractivity contribution in [2.24, 2.45) is 0 Å². The second-order valence-corrected chi connectivity index (χ2v) is 7.71. The van der Waals surface area contributed by atoms with Gasteiger partial charge in [0.05, 0.1) is 13.1 Å². The number of hydrogen-bond acceptors (Lipinski definition) is 4. The number of carbonyl (C=O) groups excluding carboxylic acids is 1. The molecule has 1 amide bonds. The van der Waals surface area contributed by atoms with E-state index >= 15 is 0 Å². The Hall–Kier alpha value is -1.21. The molecular formula is C15H24F2N2O2S. The maximum absolute atomic E-state index is 13.7. The lowest BCUT2D eigenvalue weighted by Gasteiger charge is -2.22. The summed E-state index contributed by atoms with van der Waals surface area (Å²) >= 11 is 1.65. The van der Waals surface area contributed by atoms with Gasteiger partial charge in [0.15, 0.2) is 0 Å². The molecule has 0 aliphatic rings. The number of thiophene rings is 1. The molecule has 1 heterocycles. The third kappa shape index (κ3) is 7.17. The second-order valence-electron chi connectivity index (χ2n) is 6.25. The van der Waals surface area contributed by atoms with Crippen LogP contribution in [0.3, 0.4) is 0 Å². The van der Waals surface area contributed by atoms with Crippen molar-refractivity contribution in [1.29, 1.82) is 0 Å². The molecule has 4 nitrogen and oxygen atoms in total. The number of alkyl carbamates (subject to hydrolysis) is 1. The zero-order chi connectivity index (χ0) is 17.0. The van der Waals surface area contributed by atoms with Crippen LogP contribution in [-0.4, -0.2) is 30.7 Å². The van der Waals surface area contributed by atoms with E-state index in [4.69, 9.17) is 4.74 Å². The topological polar surface area (TPSA) is 50.4 Å². The molecule has 2 N–H and O–H groups in total. The van der Waals surface area contributed by atoms with Crippen molar-refractivity contribution in [2.45, 2.75) is 52.7 Å². The van der Waals surface area contributed by atoms with Crippen LogP contribution in [0, 0.1) is 13.8 Å². The molecule has 0 saturated carbocycles. The van der Waals surface area contributed by atoms with Gasteiger partial charge in [0.2, 0.25) is 0 Å². The van der Waals surface area contributed by atoms with Crippen molar-refractivity contribution >= 4 is 17.4 Å². The highest BCUT2D eigenvalue weighted by molar-refractivity contribution is 7.12. The van der Waals surface area contributed by atoms with Gasteiger partial charge in [0.25, 0.3) is 5.92 Å². The Bertz CT molecular complexity index is 510. The van der Waals surface area contributed by atoms with Crippen LogP contribution < -0.4 is 10.6 Å². The molecule has 22 heavy (non-hydrogen) atoms. The van der Waals surface area contributed by atoms with E-state index in [9.17, 15) is 13.6 Å². The monoisotopic (exact) mass is 334 g/mol. The fourth-order valence-electron chi connectivity index (χ4n) is 1.82. The van der Waals surface area contributed by atoms with Crippen molar-refractivity contribution in [1.82, 2.24) is 10.6 Å². The number of amides is 1. The van der Waals surface area contributed by atoms with E-state index in [0.717, 1.165) is 15.3 Å². The largest absolute Gasteiger partial charge is 0.444 e. The van der Waals surface area contributed by atoms with Gasteiger partial charge in [-0.1, -0.05) is 0 Å². The van der Waals surface area contributed by atoms with Crippen molar-refractivity contribution in [3.05, 3.63) is 21.4 Å². The Balaban J connectivity index is 2.34. The lowest BCUT2D eigenvalue weighted by molar-refractivity contribution is -0.00376. The van der Waals surface area contributed by atoms with Crippen LogP contribution in [0.2, 0.25) is 0 Å². The highest BCUT2D eigenvalue weighted by Gasteiger charge is 2.30. The highest BCUT2D eigenvalue weighted by atomic mass is 32.1. The number of nitrogens with one attached hydrogen (secondary N) is 2. The van der Waals surface area contributed by atoms with Crippen molar-refractivity contribution in [2.75, 3.05) is 13.1 Å². The molecule has 0 spiro atoms. The summed E-state index contributed by atoms with van der Waals surface area (Å²) in [7, 11) is 0. The standard InChI is InChI=1S/C15H24F2N2O2S/c1-10-6-12(11(2)22-10)7-18-8-15(16,17)9-19-13(20)21-14(3,4)5/h6,18H,7-9H2,1-5H3,(H,19,20). The minimum absolute atomic E-state index is 0.387. The lowest BCUT2D eigenvalue weighted by atomic mass is 10.2. The molecule has 7 heteroatoms. The summed E-state index contributed by atoms with van der Waals surface area (Å²) in [5.41, 5.74) is 0.324. The van der Waals surface area contributed by atoms with Gasteiger partial charge in [0, 0.05) is 16.3 Å². The van der Waals surface area contributed by atoms with Gasteiger partial charge in [-0.05, 0) is 46.2 Å². The number of rotatable bonds is 6. The summed E-state index contributed by atoms with van der Waals surface area (Å²) in [4.78, 5) is 13.6. The maximum atomic E-state index is 13.7. The van der Waals surface area contributed by atoms with Gasteiger partial charge >= 0.3 is 6.09 Å². The van der Waals surface area contributed by atoms with E-state index in [0.29, 0.717) is 6.54 Å². The van der Waals surface area contributed by atoms with Gasteiger partial charge in [-0.15, -0.1) is 11.3 Å². The first-order valence-electron chi connectivity index (χ1n) is 7.10. The van der Waals surface area contributed by atoms with Crippen molar-refractivity contribution in [3.63, 3.8) is 0 Å². The van der Waals surface area contributed by atoms with Crippen LogP contribution in [0.1, 0.15) is 36.1 Å². The minimum atomic E-state index is -3.03. The van der Waals surface area contributed by atoms with E-state index in [1.165, 1.54) is 0 Å². The first-order valence-corrected chi connectivity index (χ1v) is 7.91.